The lowest BCUT2D eigenvalue weighted by Gasteiger charge is -2.09. The predicted molar refractivity (Wildman–Crippen MR) is 188 cm³/mol. The van der Waals surface area contributed by atoms with Crippen molar-refractivity contribution in [3.63, 3.8) is 0 Å². The summed E-state index contributed by atoms with van der Waals surface area (Å²) in [5.74, 6) is -13.7. The Morgan fingerprint density at radius 3 is 0.750 bits per heavy atom. The van der Waals surface area contributed by atoms with Gasteiger partial charge >= 0.3 is 5.97 Å². The van der Waals surface area contributed by atoms with E-state index in [0.717, 1.165) is 0 Å². The summed E-state index contributed by atoms with van der Waals surface area (Å²) >= 11 is 5.50. The number of alkyl halides is 1. The first kappa shape index (κ1) is 52.1. The van der Waals surface area contributed by atoms with Crippen molar-refractivity contribution in [1.29, 1.82) is 0 Å². The Kier molecular flexibility index (Phi) is 35.9. The highest BCUT2D eigenvalue weighted by Gasteiger charge is 2.28. The molecule has 0 saturated carbocycles. The van der Waals surface area contributed by atoms with Crippen LogP contribution in [0.4, 0.5) is 22.0 Å². The highest BCUT2D eigenvalue weighted by molar-refractivity contribution is 6.17. The minimum absolute atomic E-state index is 0.0769. The number of benzene rings is 1. The van der Waals surface area contributed by atoms with Crippen LogP contribution in [0.5, 0.6) is 5.75 Å². The molecule has 0 atom stereocenters. The first-order chi connectivity index (χ1) is 27.4. The molecule has 0 aliphatic heterocycles. The van der Waals surface area contributed by atoms with E-state index in [2.05, 4.69) is 4.74 Å². The van der Waals surface area contributed by atoms with Gasteiger partial charge in [0.25, 0.3) is 0 Å². The minimum Gasteiger partial charge on any atom is -0.420 e. The number of hydrogen-bond donors (Lipinski definition) is 0. The smallest absolute Gasteiger partial charge is 0.313 e. The summed E-state index contributed by atoms with van der Waals surface area (Å²) < 4.78 is 141. The number of carbonyl (C=O) groups excluding carboxylic acids is 1. The Bertz CT molecular complexity index is 1060. The van der Waals surface area contributed by atoms with E-state index in [1.165, 1.54) is 0 Å². The molecular weight excluding hydrogens is 791 g/mol. The van der Waals surface area contributed by atoms with Gasteiger partial charge in [0.1, 0.15) is 0 Å². The lowest BCUT2D eigenvalue weighted by atomic mass is 10.2. The van der Waals surface area contributed by atoms with Crippen LogP contribution in [0, 0.1) is 29.1 Å². The highest BCUT2D eigenvalue weighted by Crippen LogP contribution is 2.29. The van der Waals surface area contributed by atoms with Gasteiger partial charge in [0.2, 0.25) is 34.8 Å². The largest absolute Gasteiger partial charge is 0.420 e. The van der Waals surface area contributed by atoms with Gasteiger partial charge in [-0.05, 0) is 0 Å². The van der Waals surface area contributed by atoms with Gasteiger partial charge in [-0.1, -0.05) is 0 Å². The molecular formula is C35H56ClF5O15. The molecule has 15 nitrogen and oxygen atoms in total. The number of rotatable bonds is 42. The van der Waals surface area contributed by atoms with E-state index < -0.39 is 47.2 Å². The Morgan fingerprint density at radius 1 is 0.321 bits per heavy atom. The SMILES string of the molecule is O=C(CCOCCOCCOCCOCCOCCOCCOCCOCCOCCOCCOCCOCCOCCCl)Oc1c(F)c(F)c(F)c(F)c1F. The quantitative estimate of drug-likeness (QED) is 0.0181. The standard InChI is InChI=1S/C35H56ClF5O15/c36-2-4-44-6-8-46-10-12-48-14-16-50-18-20-52-22-24-54-26-28-55-27-25-53-23-21-51-19-17-49-15-13-47-11-9-45-7-5-43-3-1-29(42)56-35-33(40)31(38)30(37)32(39)34(35)41/h1-28H2. The molecule has 0 fully saturated rings. The molecule has 0 aromatic heterocycles. The molecule has 0 saturated heterocycles. The summed E-state index contributed by atoms with van der Waals surface area (Å²) in [5, 5.41) is 0. The lowest BCUT2D eigenvalue weighted by molar-refractivity contribution is -0.136. The molecule has 1 aromatic rings. The van der Waals surface area contributed by atoms with Crippen LogP contribution >= 0.6 is 11.6 Å². The molecule has 1 aromatic carbocycles. The van der Waals surface area contributed by atoms with Gasteiger partial charge in [-0.2, -0.15) is 8.78 Å². The zero-order chi connectivity index (χ0) is 40.7. The van der Waals surface area contributed by atoms with Crippen molar-refractivity contribution >= 4 is 17.6 Å². The summed E-state index contributed by atoms with van der Waals surface area (Å²) in [4.78, 5) is 11.7. The van der Waals surface area contributed by atoms with E-state index in [0.29, 0.717) is 151 Å². The molecule has 0 heterocycles. The second-order valence-corrected chi connectivity index (χ2v) is 11.2. The van der Waals surface area contributed by atoms with Gasteiger partial charge in [0.15, 0.2) is 0 Å². The van der Waals surface area contributed by atoms with E-state index in [4.69, 9.17) is 73.2 Å². The first-order valence-corrected chi connectivity index (χ1v) is 18.7. The van der Waals surface area contributed by atoms with Crippen molar-refractivity contribution in [1.82, 2.24) is 0 Å². The molecule has 21 heteroatoms. The molecule has 0 aliphatic rings. The summed E-state index contributed by atoms with van der Waals surface area (Å²) in [7, 11) is 0. The van der Waals surface area contributed by atoms with E-state index in [1.807, 2.05) is 0 Å². The van der Waals surface area contributed by atoms with Gasteiger partial charge in [0.05, 0.1) is 178 Å². The molecule has 0 aliphatic carbocycles. The second-order valence-electron chi connectivity index (χ2n) is 10.8. The number of ether oxygens (including phenoxy) is 14. The van der Waals surface area contributed by atoms with Crippen LogP contribution in [0.3, 0.4) is 0 Å². The second kappa shape index (κ2) is 38.6. The maximum absolute atomic E-state index is 13.6. The number of hydrogen-bond acceptors (Lipinski definition) is 15. The Morgan fingerprint density at radius 2 is 0.518 bits per heavy atom. The fourth-order valence-corrected chi connectivity index (χ4v) is 3.90. The molecule has 0 radical (unpaired) electrons. The van der Waals surface area contributed by atoms with E-state index in [-0.39, 0.29) is 26.4 Å². The van der Waals surface area contributed by atoms with Crippen LogP contribution in [0.2, 0.25) is 0 Å². The maximum Gasteiger partial charge on any atom is 0.313 e. The topological polar surface area (TPSA) is 146 Å². The molecule has 0 amide bonds. The van der Waals surface area contributed by atoms with Crippen molar-refractivity contribution in [2.24, 2.45) is 0 Å². The third-order valence-electron chi connectivity index (χ3n) is 6.52. The average Bonchev–Trinajstić information content (AvgIpc) is 3.20. The third-order valence-corrected chi connectivity index (χ3v) is 6.68. The summed E-state index contributed by atoms with van der Waals surface area (Å²) in [6.07, 6.45) is -0.490. The van der Waals surface area contributed by atoms with E-state index in [9.17, 15) is 26.7 Å². The molecule has 0 N–H and O–H groups in total. The van der Waals surface area contributed by atoms with Crippen molar-refractivity contribution in [3.8, 4) is 5.75 Å². The average molecular weight is 847 g/mol. The number of halogens is 6. The van der Waals surface area contributed by atoms with Gasteiger partial charge in [-0.3, -0.25) is 4.79 Å². The van der Waals surface area contributed by atoms with Gasteiger partial charge < -0.3 is 66.3 Å². The predicted octanol–water partition coefficient (Wildman–Crippen LogP) is 3.13. The van der Waals surface area contributed by atoms with Crippen molar-refractivity contribution in [2.75, 3.05) is 178 Å². The summed E-state index contributed by atoms with van der Waals surface area (Å²) in [6.45, 7) is 10.2. The molecule has 0 unspecified atom stereocenters. The van der Waals surface area contributed by atoms with Crippen LogP contribution in [-0.2, 0) is 66.4 Å². The Hall–Kier alpha value is -1.89. The molecule has 0 spiro atoms. The van der Waals surface area contributed by atoms with Crippen LogP contribution in [-0.4, -0.2) is 184 Å². The van der Waals surface area contributed by atoms with Gasteiger partial charge in [0, 0.05) is 5.88 Å². The summed E-state index contributed by atoms with van der Waals surface area (Å²) in [5.41, 5.74) is 0. The van der Waals surface area contributed by atoms with Gasteiger partial charge in [-0.25, -0.2) is 13.2 Å². The molecule has 1 rings (SSSR count). The van der Waals surface area contributed by atoms with E-state index in [1.54, 1.807) is 0 Å². The lowest BCUT2D eigenvalue weighted by Crippen LogP contribution is -2.16. The third kappa shape index (κ3) is 29.3. The van der Waals surface area contributed by atoms with Crippen LogP contribution in [0.25, 0.3) is 0 Å². The van der Waals surface area contributed by atoms with Gasteiger partial charge in [-0.15, -0.1) is 11.6 Å². The fraction of sp³-hybridized carbons (Fsp3) is 0.800. The Balaban J connectivity index is 1.70. The zero-order valence-electron chi connectivity index (χ0n) is 31.7. The Labute approximate surface area is 329 Å². The normalized spacial score (nSPS) is 11.5. The summed E-state index contributed by atoms with van der Waals surface area (Å²) in [6, 6.07) is 0. The first-order valence-electron chi connectivity index (χ1n) is 18.2. The monoisotopic (exact) mass is 846 g/mol. The van der Waals surface area contributed by atoms with Crippen LogP contribution in [0.15, 0.2) is 0 Å². The highest BCUT2D eigenvalue weighted by atomic mass is 35.5. The van der Waals surface area contributed by atoms with Crippen molar-refractivity contribution < 1.29 is 93.1 Å². The maximum atomic E-state index is 13.6. The van der Waals surface area contributed by atoms with E-state index >= 15 is 0 Å². The number of carbonyl (C=O) groups is 1. The van der Waals surface area contributed by atoms with Crippen molar-refractivity contribution in [3.05, 3.63) is 29.1 Å². The van der Waals surface area contributed by atoms with Crippen LogP contribution in [0.1, 0.15) is 6.42 Å². The molecule has 56 heavy (non-hydrogen) atoms. The minimum atomic E-state index is -2.35. The molecule has 0 bridgehead atoms. The zero-order valence-corrected chi connectivity index (χ0v) is 32.4. The fourth-order valence-electron chi connectivity index (χ4n) is 3.79. The van der Waals surface area contributed by atoms with Crippen LogP contribution < -0.4 is 4.74 Å². The van der Waals surface area contributed by atoms with Crippen molar-refractivity contribution in [2.45, 2.75) is 6.42 Å². The molecule has 328 valence electrons. The number of esters is 1.